The van der Waals surface area contributed by atoms with Crippen molar-refractivity contribution in [3.63, 3.8) is 0 Å². The summed E-state index contributed by atoms with van der Waals surface area (Å²) in [5.41, 5.74) is 1.97. The maximum atomic E-state index is 11.4. The molecule has 11 heteroatoms. The molecule has 0 saturated heterocycles. The summed E-state index contributed by atoms with van der Waals surface area (Å²) in [5, 5.41) is 10.9. The molecule has 2 aromatic heterocycles. The molecule has 1 N–H and O–H groups in total. The zero-order chi connectivity index (χ0) is 22.4. The van der Waals surface area contributed by atoms with Gasteiger partial charge in [-0.25, -0.2) is 4.79 Å². The number of nitrogens with one attached hydrogen (secondary N) is 1. The maximum absolute atomic E-state index is 11.4. The first-order valence-electron chi connectivity index (χ1n) is 9.37. The number of aromatic nitrogens is 5. The van der Waals surface area contributed by atoms with Crippen LogP contribution >= 0.6 is 0 Å². The largest absolute Gasteiger partial charge is 0.466 e. The first kappa shape index (κ1) is 21.7. The Bertz CT molecular complexity index is 1030. The summed E-state index contributed by atoms with van der Waals surface area (Å²) in [7, 11) is 4.90. The molecule has 3 aromatic rings. The van der Waals surface area contributed by atoms with Crippen LogP contribution in [0.5, 0.6) is 17.8 Å². The van der Waals surface area contributed by atoms with Crippen LogP contribution in [-0.2, 0) is 9.53 Å². The molecule has 162 valence electrons. The third-order valence-corrected chi connectivity index (χ3v) is 3.95. The highest BCUT2D eigenvalue weighted by Gasteiger charge is 2.16. The number of esters is 1. The number of anilines is 3. The molecule has 1 atom stereocenters. The lowest BCUT2D eigenvalue weighted by Gasteiger charge is -2.13. The van der Waals surface area contributed by atoms with Crippen LogP contribution in [0.25, 0.3) is 0 Å². The number of aryl methyl sites for hydroxylation is 1. The van der Waals surface area contributed by atoms with Crippen molar-refractivity contribution in [2.24, 2.45) is 0 Å². The number of rotatable bonds is 8. The van der Waals surface area contributed by atoms with Crippen molar-refractivity contribution in [1.29, 1.82) is 0 Å². The van der Waals surface area contributed by atoms with E-state index in [2.05, 4.69) is 35.2 Å². The average molecular weight is 425 g/mol. The fraction of sp³-hybridized carbons (Fsp3) is 0.300. The van der Waals surface area contributed by atoms with Crippen LogP contribution in [0.1, 0.15) is 12.5 Å². The fourth-order valence-electron chi connectivity index (χ4n) is 2.33. The monoisotopic (exact) mass is 425 g/mol. The molecule has 1 unspecified atom stereocenters. The van der Waals surface area contributed by atoms with Crippen LogP contribution in [0.3, 0.4) is 0 Å². The third-order valence-electron chi connectivity index (χ3n) is 3.95. The minimum Gasteiger partial charge on any atom is -0.466 e. The van der Waals surface area contributed by atoms with Crippen LogP contribution in [0.15, 0.2) is 36.4 Å². The quantitative estimate of drug-likeness (QED) is 0.535. The maximum Gasteiger partial charge on any atom is 0.346 e. The summed E-state index contributed by atoms with van der Waals surface area (Å²) in [6, 6.07) is 10.9. The zero-order valence-corrected chi connectivity index (χ0v) is 17.9. The summed E-state index contributed by atoms with van der Waals surface area (Å²) in [5.74, 6) is 0.501. The Labute approximate surface area is 179 Å². The molecule has 11 nitrogen and oxygen atoms in total. The van der Waals surface area contributed by atoms with Crippen molar-refractivity contribution in [1.82, 2.24) is 25.1 Å². The Morgan fingerprint density at radius 3 is 2.29 bits per heavy atom. The molecule has 0 saturated carbocycles. The summed E-state index contributed by atoms with van der Waals surface area (Å²) >= 11 is 0. The highest BCUT2D eigenvalue weighted by Crippen LogP contribution is 2.22. The number of methoxy groups -OCH3 is 1. The van der Waals surface area contributed by atoms with Gasteiger partial charge in [-0.1, -0.05) is 17.7 Å². The molecule has 1 aromatic carbocycles. The van der Waals surface area contributed by atoms with E-state index in [9.17, 15) is 4.79 Å². The van der Waals surface area contributed by atoms with Gasteiger partial charge in [0.1, 0.15) is 0 Å². The zero-order valence-electron chi connectivity index (χ0n) is 17.9. The van der Waals surface area contributed by atoms with E-state index in [4.69, 9.17) is 9.47 Å². The molecule has 0 amide bonds. The molecule has 0 spiro atoms. The van der Waals surface area contributed by atoms with Gasteiger partial charge >= 0.3 is 12.0 Å². The smallest absolute Gasteiger partial charge is 0.346 e. The van der Waals surface area contributed by atoms with Gasteiger partial charge in [0.05, 0.1) is 7.11 Å². The minimum absolute atomic E-state index is 0.0409. The molecular formula is C20H23N7O4. The van der Waals surface area contributed by atoms with E-state index in [1.165, 1.54) is 19.2 Å². The second-order valence-electron chi connectivity index (χ2n) is 6.72. The van der Waals surface area contributed by atoms with E-state index >= 15 is 0 Å². The molecule has 0 radical (unpaired) electrons. The van der Waals surface area contributed by atoms with E-state index in [1.54, 1.807) is 11.8 Å². The Kier molecular flexibility index (Phi) is 6.75. The molecule has 2 heterocycles. The van der Waals surface area contributed by atoms with E-state index in [1.807, 2.05) is 45.3 Å². The number of carbonyl (C=O) groups is 1. The molecule has 0 aliphatic heterocycles. The van der Waals surface area contributed by atoms with E-state index in [-0.39, 0.29) is 17.8 Å². The Balaban J connectivity index is 1.76. The summed E-state index contributed by atoms with van der Waals surface area (Å²) in [4.78, 5) is 26.1. The van der Waals surface area contributed by atoms with Gasteiger partial charge in [-0.2, -0.15) is 15.0 Å². The predicted octanol–water partition coefficient (Wildman–Crippen LogP) is 2.51. The van der Waals surface area contributed by atoms with Crippen LogP contribution in [0.2, 0.25) is 0 Å². The number of hydrogen-bond donors (Lipinski definition) is 1. The lowest BCUT2D eigenvalue weighted by Crippen LogP contribution is -2.25. The van der Waals surface area contributed by atoms with Crippen molar-refractivity contribution in [2.45, 2.75) is 20.0 Å². The average Bonchev–Trinajstić information content (AvgIpc) is 2.76. The van der Waals surface area contributed by atoms with Gasteiger partial charge in [0.15, 0.2) is 6.10 Å². The second-order valence-corrected chi connectivity index (χ2v) is 6.72. The van der Waals surface area contributed by atoms with E-state index in [0.29, 0.717) is 11.9 Å². The molecule has 0 aliphatic rings. The first-order valence-corrected chi connectivity index (χ1v) is 9.37. The normalized spacial score (nSPS) is 11.4. The molecule has 0 fully saturated rings. The third kappa shape index (κ3) is 5.98. The molecule has 0 aliphatic carbocycles. The molecule has 3 rings (SSSR count). The minimum atomic E-state index is -0.812. The van der Waals surface area contributed by atoms with Crippen molar-refractivity contribution in [3.05, 3.63) is 42.0 Å². The van der Waals surface area contributed by atoms with Crippen LogP contribution in [-0.4, -0.2) is 58.4 Å². The number of ether oxygens (including phenoxy) is 3. The van der Waals surface area contributed by atoms with Gasteiger partial charge in [0.25, 0.3) is 0 Å². The lowest BCUT2D eigenvalue weighted by atomic mass is 10.2. The summed E-state index contributed by atoms with van der Waals surface area (Å²) in [6.07, 6.45) is -0.812. The van der Waals surface area contributed by atoms with Gasteiger partial charge in [-0.3, -0.25) is 0 Å². The van der Waals surface area contributed by atoms with Crippen LogP contribution in [0, 0.1) is 6.92 Å². The lowest BCUT2D eigenvalue weighted by molar-refractivity contribution is -0.148. The predicted molar refractivity (Wildman–Crippen MR) is 113 cm³/mol. The van der Waals surface area contributed by atoms with Gasteiger partial charge in [0.2, 0.25) is 23.7 Å². The van der Waals surface area contributed by atoms with Gasteiger partial charge in [-0.15, -0.1) is 10.2 Å². The highest BCUT2D eigenvalue weighted by molar-refractivity contribution is 5.74. The van der Waals surface area contributed by atoms with E-state index in [0.717, 1.165) is 11.3 Å². The Morgan fingerprint density at radius 2 is 1.68 bits per heavy atom. The fourth-order valence-corrected chi connectivity index (χ4v) is 2.33. The van der Waals surface area contributed by atoms with Gasteiger partial charge in [-0.05, 0) is 26.0 Å². The number of nitrogens with zero attached hydrogens (tertiary/aromatic N) is 6. The van der Waals surface area contributed by atoms with Crippen molar-refractivity contribution in [3.8, 4) is 17.8 Å². The summed E-state index contributed by atoms with van der Waals surface area (Å²) in [6.45, 7) is 3.56. The van der Waals surface area contributed by atoms with Crippen molar-refractivity contribution in [2.75, 3.05) is 31.4 Å². The van der Waals surface area contributed by atoms with E-state index < -0.39 is 12.1 Å². The second kappa shape index (κ2) is 9.65. The SMILES string of the molecule is COC(=O)C(C)Oc1ccc(Oc2nc(Nc3ccc(C)cc3)nc(N(C)C)n2)nn1. The Hall–Kier alpha value is -4.02. The van der Waals surface area contributed by atoms with Crippen LogP contribution in [0.4, 0.5) is 17.6 Å². The summed E-state index contributed by atoms with van der Waals surface area (Å²) < 4.78 is 15.6. The van der Waals surface area contributed by atoms with Crippen molar-refractivity contribution < 1.29 is 19.0 Å². The Morgan fingerprint density at radius 1 is 1.00 bits per heavy atom. The highest BCUT2D eigenvalue weighted by atomic mass is 16.6. The van der Waals surface area contributed by atoms with Gasteiger partial charge in [0, 0.05) is 31.9 Å². The molecule has 31 heavy (non-hydrogen) atoms. The standard InChI is InChI=1S/C20H23N7O4/c1-12-6-8-14(9-7-12)21-18-22-19(27(3)4)24-20(23-18)31-16-11-10-15(25-26-16)30-13(2)17(28)29-5/h6-11,13H,1-5H3,(H,21,22,23,24). The number of carbonyl (C=O) groups excluding carboxylic acids is 1. The number of benzene rings is 1. The first-order chi connectivity index (χ1) is 14.8. The van der Waals surface area contributed by atoms with Crippen LogP contribution < -0.4 is 19.7 Å². The molecular weight excluding hydrogens is 402 g/mol. The van der Waals surface area contributed by atoms with Crippen molar-refractivity contribution >= 4 is 23.6 Å². The topological polar surface area (TPSA) is 124 Å². The number of hydrogen-bond acceptors (Lipinski definition) is 11. The molecule has 0 bridgehead atoms. The van der Waals surface area contributed by atoms with Gasteiger partial charge < -0.3 is 24.4 Å².